The Morgan fingerprint density at radius 1 is 1.27 bits per heavy atom. The van der Waals surface area contributed by atoms with Crippen LogP contribution in [0, 0.1) is 25.2 Å². The molecule has 0 saturated carbocycles. The summed E-state index contributed by atoms with van der Waals surface area (Å²) in [5.74, 6) is 0.546. The Labute approximate surface area is 150 Å². The quantitative estimate of drug-likeness (QED) is 0.781. The lowest BCUT2D eigenvalue weighted by molar-refractivity contribution is 0.101. The number of rotatable bonds is 4. The van der Waals surface area contributed by atoms with E-state index in [-0.39, 0.29) is 11.8 Å². The number of carbonyl (C=O) groups is 1. The zero-order chi connectivity index (χ0) is 18.7. The molecule has 2 aromatic heterocycles. The molecule has 1 amide bonds. The van der Waals surface area contributed by atoms with E-state index in [0.717, 1.165) is 11.3 Å². The molecule has 0 spiro atoms. The van der Waals surface area contributed by atoms with Gasteiger partial charge in [0.25, 0.3) is 5.91 Å². The van der Waals surface area contributed by atoms with Crippen LogP contribution in [0.1, 0.15) is 27.3 Å². The number of aromatic nitrogens is 3. The van der Waals surface area contributed by atoms with Crippen molar-refractivity contribution in [1.82, 2.24) is 14.8 Å². The fraction of sp³-hybridized carbons (Fsp3) is 0.158. The minimum atomic E-state index is -0.235. The number of aryl methyl sites for hydroxylation is 3. The lowest BCUT2D eigenvalue weighted by atomic mass is 10.2. The molecule has 1 N–H and O–H groups in total. The minimum Gasteiger partial charge on any atom is -0.438 e. The lowest BCUT2D eigenvalue weighted by Crippen LogP contribution is -2.16. The van der Waals surface area contributed by atoms with Gasteiger partial charge in [0, 0.05) is 18.9 Å². The van der Waals surface area contributed by atoms with Crippen LogP contribution in [0.2, 0.25) is 0 Å². The van der Waals surface area contributed by atoms with Gasteiger partial charge in [-0.15, -0.1) is 0 Å². The molecule has 0 saturated heterocycles. The first-order chi connectivity index (χ1) is 12.5. The molecule has 0 bridgehead atoms. The number of carbonyl (C=O) groups excluding carboxylic acids is 1. The molecular weight excluding hydrogens is 330 g/mol. The van der Waals surface area contributed by atoms with Crippen molar-refractivity contribution in [3.63, 3.8) is 0 Å². The van der Waals surface area contributed by atoms with Crippen LogP contribution in [0.3, 0.4) is 0 Å². The van der Waals surface area contributed by atoms with E-state index in [4.69, 9.17) is 10.00 Å². The molecule has 0 aliphatic heterocycles. The molecule has 2 heterocycles. The van der Waals surface area contributed by atoms with E-state index in [1.807, 2.05) is 19.9 Å². The molecule has 0 aliphatic carbocycles. The van der Waals surface area contributed by atoms with Crippen molar-refractivity contribution in [2.75, 3.05) is 5.32 Å². The first-order valence-corrected chi connectivity index (χ1v) is 7.93. The van der Waals surface area contributed by atoms with E-state index < -0.39 is 0 Å². The summed E-state index contributed by atoms with van der Waals surface area (Å²) < 4.78 is 7.23. The third-order valence-corrected chi connectivity index (χ3v) is 3.79. The standard InChI is InChI=1S/C19H17N5O2/c1-12-9-15(26-19-14(11-20)5-4-8-21-19)6-7-16(12)22-18(25)17-10-13(2)23-24(17)3/h4-10H,1-3H3,(H,22,25). The number of benzene rings is 1. The highest BCUT2D eigenvalue weighted by Crippen LogP contribution is 2.27. The molecule has 0 aliphatic rings. The van der Waals surface area contributed by atoms with E-state index in [9.17, 15) is 4.79 Å². The van der Waals surface area contributed by atoms with Crippen LogP contribution in [0.4, 0.5) is 5.69 Å². The van der Waals surface area contributed by atoms with Gasteiger partial charge < -0.3 is 10.1 Å². The summed E-state index contributed by atoms with van der Waals surface area (Å²) in [5, 5.41) is 16.1. The largest absolute Gasteiger partial charge is 0.438 e. The molecule has 0 unspecified atom stereocenters. The van der Waals surface area contributed by atoms with Crippen LogP contribution in [0.5, 0.6) is 11.6 Å². The second-order valence-electron chi connectivity index (χ2n) is 5.80. The van der Waals surface area contributed by atoms with Gasteiger partial charge in [-0.25, -0.2) is 4.98 Å². The number of amides is 1. The third-order valence-electron chi connectivity index (χ3n) is 3.79. The molecule has 26 heavy (non-hydrogen) atoms. The van der Waals surface area contributed by atoms with Crippen molar-refractivity contribution in [2.24, 2.45) is 7.05 Å². The Balaban J connectivity index is 1.78. The first kappa shape index (κ1) is 17.2. The summed E-state index contributed by atoms with van der Waals surface area (Å²) in [7, 11) is 1.73. The van der Waals surface area contributed by atoms with Gasteiger partial charge in [-0.2, -0.15) is 10.4 Å². The summed E-state index contributed by atoms with van der Waals surface area (Å²) in [4.78, 5) is 16.5. The molecule has 1 aromatic carbocycles. The number of nitriles is 1. The summed E-state index contributed by atoms with van der Waals surface area (Å²) in [6.07, 6.45) is 1.56. The zero-order valence-electron chi connectivity index (χ0n) is 14.6. The summed E-state index contributed by atoms with van der Waals surface area (Å²) in [6.45, 7) is 3.70. The van der Waals surface area contributed by atoms with Crippen LogP contribution in [0.15, 0.2) is 42.6 Å². The van der Waals surface area contributed by atoms with E-state index >= 15 is 0 Å². The Morgan fingerprint density at radius 3 is 2.73 bits per heavy atom. The van der Waals surface area contributed by atoms with Crippen molar-refractivity contribution in [1.29, 1.82) is 5.26 Å². The number of nitrogens with zero attached hydrogens (tertiary/aromatic N) is 4. The van der Waals surface area contributed by atoms with Crippen molar-refractivity contribution in [3.8, 4) is 17.7 Å². The van der Waals surface area contributed by atoms with E-state index in [2.05, 4.69) is 15.4 Å². The molecule has 7 heteroatoms. The highest BCUT2D eigenvalue weighted by atomic mass is 16.5. The van der Waals surface area contributed by atoms with Gasteiger partial charge in [0.2, 0.25) is 5.88 Å². The number of hydrogen-bond donors (Lipinski definition) is 1. The van der Waals surface area contributed by atoms with E-state index in [1.165, 1.54) is 0 Å². The maximum absolute atomic E-state index is 12.4. The molecule has 7 nitrogen and oxygen atoms in total. The Bertz CT molecular complexity index is 1020. The summed E-state index contributed by atoms with van der Waals surface area (Å²) in [5.41, 5.74) is 3.11. The van der Waals surface area contributed by atoms with Gasteiger partial charge in [0.15, 0.2) is 0 Å². The Kier molecular flexibility index (Phi) is 4.67. The van der Waals surface area contributed by atoms with Gasteiger partial charge in [-0.1, -0.05) is 0 Å². The number of ether oxygens (including phenoxy) is 1. The van der Waals surface area contributed by atoms with Gasteiger partial charge in [0.1, 0.15) is 23.1 Å². The zero-order valence-corrected chi connectivity index (χ0v) is 14.6. The molecule has 0 fully saturated rings. The number of pyridine rings is 1. The van der Waals surface area contributed by atoms with E-state index in [0.29, 0.717) is 22.7 Å². The van der Waals surface area contributed by atoms with Crippen LogP contribution in [-0.2, 0) is 7.05 Å². The first-order valence-electron chi connectivity index (χ1n) is 7.93. The minimum absolute atomic E-state index is 0.235. The van der Waals surface area contributed by atoms with Crippen LogP contribution < -0.4 is 10.1 Å². The average molecular weight is 347 g/mol. The van der Waals surface area contributed by atoms with Crippen LogP contribution in [0.25, 0.3) is 0 Å². The molecule has 0 radical (unpaired) electrons. The average Bonchev–Trinajstić information content (AvgIpc) is 2.96. The van der Waals surface area contributed by atoms with Crippen molar-refractivity contribution in [2.45, 2.75) is 13.8 Å². The van der Waals surface area contributed by atoms with Crippen LogP contribution >= 0.6 is 0 Å². The smallest absolute Gasteiger partial charge is 0.273 e. The highest BCUT2D eigenvalue weighted by molar-refractivity contribution is 6.03. The molecule has 3 aromatic rings. The van der Waals surface area contributed by atoms with Crippen molar-refractivity contribution < 1.29 is 9.53 Å². The summed E-state index contributed by atoms with van der Waals surface area (Å²) in [6, 6.07) is 12.3. The Hall–Kier alpha value is -3.66. The van der Waals surface area contributed by atoms with Gasteiger partial charge >= 0.3 is 0 Å². The topological polar surface area (TPSA) is 92.8 Å². The van der Waals surface area contributed by atoms with Gasteiger partial charge in [-0.3, -0.25) is 9.48 Å². The Morgan fingerprint density at radius 2 is 2.08 bits per heavy atom. The molecular formula is C19H17N5O2. The fourth-order valence-corrected chi connectivity index (χ4v) is 2.52. The number of nitrogens with one attached hydrogen (secondary N) is 1. The van der Waals surface area contributed by atoms with E-state index in [1.54, 1.807) is 54.3 Å². The monoisotopic (exact) mass is 347 g/mol. The van der Waals surface area contributed by atoms with Gasteiger partial charge in [-0.05, 0) is 55.8 Å². The molecule has 130 valence electrons. The maximum atomic E-state index is 12.4. The third kappa shape index (κ3) is 3.54. The highest BCUT2D eigenvalue weighted by Gasteiger charge is 2.14. The second kappa shape index (κ2) is 7.07. The lowest BCUT2D eigenvalue weighted by Gasteiger charge is -2.11. The molecule has 3 rings (SSSR count). The van der Waals surface area contributed by atoms with Gasteiger partial charge in [0.05, 0.1) is 5.69 Å². The van der Waals surface area contributed by atoms with Crippen LogP contribution in [-0.4, -0.2) is 20.7 Å². The fourth-order valence-electron chi connectivity index (χ4n) is 2.52. The van der Waals surface area contributed by atoms with Crippen molar-refractivity contribution >= 4 is 11.6 Å². The second-order valence-corrected chi connectivity index (χ2v) is 5.80. The predicted molar refractivity (Wildman–Crippen MR) is 96.1 cm³/mol. The SMILES string of the molecule is Cc1cc(C(=O)Nc2ccc(Oc3ncccc3C#N)cc2C)n(C)n1. The maximum Gasteiger partial charge on any atom is 0.273 e. The van der Waals surface area contributed by atoms with Crippen molar-refractivity contribution in [3.05, 3.63) is 65.1 Å². The normalized spacial score (nSPS) is 10.2. The molecule has 0 atom stereocenters. The number of anilines is 1. The summed E-state index contributed by atoms with van der Waals surface area (Å²) >= 11 is 0. The predicted octanol–water partition coefficient (Wildman–Crippen LogP) is 3.35. The number of hydrogen-bond acceptors (Lipinski definition) is 5.